The summed E-state index contributed by atoms with van der Waals surface area (Å²) < 4.78 is 0. The van der Waals surface area contributed by atoms with Gasteiger partial charge in [0.1, 0.15) is 0 Å². The van der Waals surface area contributed by atoms with Gasteiger partial charge in [0.15, 0.2) is 0 Å². The first-order valence-electron chi connectivity index (χ1n) is 0. The van der Waals surface area contributed by atoms with Gasteiger partial charge >= 0.3 is 0 Å². The molecule has 0 aliphatic rings. The molecular formula is Ag2Au2. The molecule has 0 bridgehead atoms. The second-order valence-electron chi connectivity index (χ2n) is 0. The van der Waals surface area contributed by atoms with Gasteiger partial charge in [0.2, 0.25) is 0 Å². The van der Waals surface area contributed by atoms with Crippen molar-refractivity contribution >= 4 is 0 Å². The predicted molar refractivity (Wildman–Crippen MR) is 0 cm³/mol. The minimum absolute atomic E-state index is 0. The Morgan fingerprint density at radius 2 is 0.500 bits per heavy atom. The quantitative estimate of drug-likeness (QED) is 0.340. The van der Waals surface area contributed by atoms with Crippen LogP contribution in [-0.2, 0) is 89.5 Å². The fourth-order valence-corrected chi connectivity index (χ4v) is 0. The SMILES string of the molecule is [Ag].[Ag].[Au].[Au]. The Morgan fingerprint density at radius 1 is 0.500 bits per heavy atom. The molecule has 0 saturated heterocycles. The first-order chi connectivity index (χ1) is 0. The first-order valence-corrected chi connectivity index (χ1v) is 0. The van der Waals surface area contributed by atoms with E-state index in [1.54, 1.807) is 0 Å². The van der Waals surface area contributed by atoms with Crippen LogP contribution in [0.3, 0.4) is 0 Å². The molecule has 0 aliphatic heterocycles. The molecule has 0 aromatic heterocycles. The molecule has 4 heteroatoms. The minimum Gasteiger partial charge on any atom is 0 e. The molecule has 0 unspecified atom stereocenters. The van der Waals surface area contributed by atoms with Gasteiger partial charge in [0, 0.05) is 89.5 Å². The molecule has 0 atom stereocenters. The minimum atomic E-state index is 0. The molecule has 0 rings (SSSR count). The molecular weight excluding hydrogens is 610 g/mol. The predicted octanol–water partition coefficient (Wildman–Crippen LogP) is -0.0100. The second-order valence-corrected chi connectivity index (χ2v) is 0. The average molecular weight is 610 g/mol. The number of rotatable bonds is 0. The van der Waals surface area contributed by atoms with Crippen molar-refractivity contribution in [2.24, 2.45) is 0 Å². The topological polar surface area (TPSA) is 0 Å². The van der Waals surface area contributed by atoms with Crippen molar-refractivity contribution in [2.75, 3.05) is 0 Å². The van der Waals surface area contributed by atoms with Crippen LogP contribution in [0.5, 0.6) is 0 Å². The molecule has 0 aromatic carbocycles. The summed E-state index contributed by atoms with van der Waals surface area (Å²) in [5.74, 6) is 0. The third-order valence-electron chi connectivity index (χ3n) is 0. The third kappa shape index (κ3) is 8.88. The van der Waals surface area contributed by atoms with Crippen LogP contribution in [0.1, 0.15) is 0 Å². The van der Waals surface area contributed by atoms with Crippen LogP contribution in [0.15, 0.2) is 0 Å². The van der Waals surface area contributed by atoms with Crippen molar-refractivity contribution in [1.82, 2.24) is 0 Å². The van der Waals surface area contributed by atoms with E-state index in [1.807, 2.05) is 0 Å². The van der Waals surface area contributed by atoms with Crippen molar-refractivity contribution in [3.63, 3.8) is 0 Å². The van der Waals surface area contributed by atoms with E-state index in [-0.39, 0.29) is 89.5 Å². The van der Waals surface area contributed by atoms with Crippen molar-refractivity contribution in [1.29, 1.82) is 0 Å². The van der Waals surface area contributed by atoms with E-state index in [0.717, 1.165) is 0 Å². The largest absolute Gasteiger partial charge is 0 e. The normalized spacial score (nSPS) is 0. The molecule has 0 saturated carbocycles. The molecule has 0 spiro atoms. The Balaban J connectivity index is 0. The van der Waals surface area contributed by atoms with Gasteiger partial charge in [-0.05, 0) is 0 Å². The van der Waals surface area contributed by atoms with Gasteiger partial charge in [0.05, 0.1) is 0 Å². The molecule has 0 fully saturated rings. The standard InChI is InChI=1S/2Ag.2Au. The molecule has 0 nitrogen and oxygen atoms in total. The molecule has 44 valence electrons. The van der Waals surface area contributed by atoms with Gasteiger partial charge in [-0.3, -0.25) is 0 Å². The second kappa shape index (κ2) is 16.7. The summed E-state index contributed by atoms with van der Waals surface area (Å²) in [4.78, 5) is 0. The van der Waals surface area contributed by atoms with E-state index in [0.29, 0.717) is 0 Å². The zero-order chi connectivity index (χ0) is 0. The number of hydrogen-bond donors (Lipinski definition) is 0. The van der Waals surface area contributed by atoms with E-state index < -0.39 is 0 Å². The average Bonchev–Trinajstić information content (AvgIpc) is 0. The molecule has 4 radical (unpaired) electrons. The summed E-state index contributed by atoms with van der Waals surface area (Å²) in [6.07, 6.45) is 0. The number of hydrogen-bond acceptors (Lipinski definition) is 0. The Hall–Kier alpha value is 2.96. The summed E-state index contributed by atoms with van der Waals surface area (Å²) in [5, 5.41) is 0. The van der Waals surface area contributed by atoms with Crippen LogP contribution >= 0.6 is 0 Å². The maximum atomic E-state index is 0. The first kappa shape index (κ1) is 28.2. The van der Waals surface area contributed by atoms with Gasteiger partial charge in [0.25, 0.3) is 0 Å². The van der Waals surface area contributed by atoms with Crippen molar-refractivity contribution in [2.45, 2.75) is 0 Å². The molecule has 0 amide bonds. The van der Waals surface area contributed by atoms with Crippen LogP contribution in [0.4, 0.5) is 0 Å². The Labute approximate surface area is 87.9 Å². The summed E-state index contributed by atoms with van der Waals surface area (Å²) in [5.41, 5.74) is 0. The molecule has 0 heterocycles. The van der Waals surface area contributed by atoms with Crippen LogP contribution in [0, 0.1) is 0 Å². The summed E-state index contributed by atoms with van der Waals surface area (Å²) in [6.45, 7) is 0. The van der Waals surface area contributed by atoms with E-state index >= 15 is 0 Å². The van der Waals surface area contributed by atoms with E-state index in [1.165, 1.54) is 0 Å². The molecule has 0 N–H and O–H groups in total. The van der Waals surface area contributed by atoms with Crippen LogP contribution < -0.4 is 0 Å². The smallest absolute Gasteiger partial charge is 0 e. The molecule has 4 heavy (non-hydrogen) atoms. The van der Waals surface area contributed by atoms with Crippen LogP contribution in [0.2, 0.25) is 0 Å². The van der Waals surface area contributed by atoms with Gasteiger partial charge in [-0.1, -0.05) is 0 Å². The van der Waals surface area contributed by atoms with Crippen molar-refractivity contribution in [3.8, 4) is 0 Å². The van der Waals surface area contributed by atoms with Gasteiger partial charge in [-0.25, -0.2) is 0 Å². The fraction of sp³-hybridized carbons (Fsp3) is 0. The third-order valence-corrected chi connectivity index (χ3v) is 0. The van der Waals surface area contributed by atoms with Crippen molar-refractivity contribution in [3.05, 3.63) is 0 Å². The van der Waals surface area contributed by atoms with Gasteiger partial charge < -0.3 is 0 Å². The van der Waals surface area contributed by atoms with Gasteiger partial charge in [-0.15, -0.1) is 0 Å². The van der Waals surface area contributed by atoms with E-state index in [9.17, 15) is 0 Å². The Kier molecular flexibility index (Phi) is 118. The zero-order valence-corrected chi connectivity index (χ0v) is 8.50. The molecule has 0 aliphatic carbocycles. The van der Waals surface area contributed by atoms with Crippen LogP contribution in [-0.4, -0.2) is 0 Å². The summed E-state index contributed by atoms with van der Waals surface area (Å²) in [6, 6.07) is 0. The van der Waals surface area contributed by atoms with Gasteiger partial charge in [-0.2, -0.15) is 0 Å². The Morgan fingerprint density at radius 3 is 0.500 bits per heavy atom. The summed E-state index contributed by atoms with van der Waals surface area (Å²) >= 11 is 0. The van der Waals surface area contributed by atoms with E-state index in [2.05, 4.69) is 0 Å². The fourth-order valence-electron chi connectivity index (χ4n) is 0. The maximum Gasteiger partial charge on any atom is 0 e. The zero-order valence-electron chi connectivity index (χ0n) is 1.21. The summed E-state index contributed by atoms with van der Waals surface area (Å²) in [7, 11) is 0. The van der Waals surface area contributed by atoms with Crippen LogP contribution in [0.25, 0.3) is 0 Å². The maximum absolute atomic E-state index is 0. The Bertz CT molecular complexity index is 4.00. The molecule has 0 aromatic rings. The monoisotopic (exact) mass is 608 g/mol. The van der Waals surface area contributed by atoms with Crippen molar-refractivity contribution < 1.29 is 89.5 Å². The van der Waals surface area contributed by atoms with E-state index in [4.69, 9.17) is 0 Å².